The molecule has 0 radical (unpaired) electrons. The molecule has 3 aromatic rings. The fourth-order valence-corrected chi connectivity index (χ4v) is 2.50. The maximum absolute atomic E-state index is 6.06. The van der Waals surface area contributed by atoms with Crippen LogP contribution in [0, 0.1) is 0 Å². The maximum Gasteiger partial charge on any atom is 0.146 e. The molecule has 0 fully saturated rings. The first-order valence-electron chi connectivity index (χ1n) is 8.61. The maximum atomic E-state index is 6.06. The van der Waals surface area contributed by atoms with Crippen molar-refractivity contribution in [3.05, 3.63) is 90.2 Å². The third-order valence-electron chi connectivity index (χ3n) is 3.84. The van der Waals surface area contributed by atoms with Crippen LogP contribution in [-0.4, -0.2) is 20.8 Å². The van der Waals surface area contributed by atoms with Gasteiger partial charge in [-0.3, -0.25) is 0 Å². The van der Waals surface area contributed by atoms with E-state index in [2.05, 4.69) is 0 Å². The van der Waals surface area contributed by atoms with Gasteiger partial charge in [0.15, 0.2) is 0 Å². The van der Waals surface area contributed by atoms with Gasteiger partial charge in [0.2, 0.25) is 0 Å². The van der Waals surface area contributed by atoms with Crippen LogP contribution in [0.2, 0.25) is 0 Å². The van der Waals surface area contributed by atoms with Crippen molar-refractivity contribution in [3.63, 3.8) is 0 Å². The van der Waals surface area contributed by atoms with Crippen molar-refractivity contribution in [2.24, 2.45) is 0 Å². The molecule has 0 bridgehead atoms. The van der Waals surface area contributed by atoms with Crippen molar-refractivity contribution in [2.75, 3.05) is 20.8 Å². The van der Waals surface area contributed by atoms with E-state index in [0.29, 0.717) is 17.3 Å². The molecule has 0 aromatic heterocycles. The van der Waals surface area contributed by atoms with Crippen LogP contribution in [0.4, 0.5) is 0 Å². The Kier molecular flexibility index (Phi) is 6.36. The van der Waals surface area contributed by atoms with Crippen molar-refractivity contribution in [2.45, 2.75) is 0 Å². The number of methoxy groups -OCH3 is 2. The lowest BCUT2D eigenvalue weighted by atomic mass is 10.2. The van der Waals surface area contributed by atoms with Gasteiger partial charge in [0.25, 0.3) is 0 Å². The average molecular weight is 362 g/mol. The Balaban J connectivity index is 1.79. The van der Waals surface area contributed by atoms with Crippen molar-refractivity contribution < 1.29 is 18.9 Å². The zero-order valence-electron chi connectivity index (χ0n) is 15.4. The summed E-state index contributed by atoms with van der Waals surface area (Å²) < 4.78 is 22.5. The Bertz CT molecular complexity index is 888. The molecule has 0 saturated heterocycles. The topological polar surface area (TPSA) is 36.9 Å². The Morgan fingerprint density at radius 3 is 1.96 bits per heavy atom. The molecule has 27 heavy (non-hydrogen) atoms. The Morgan fingerprint density at radius 1 is 0.704 bits per heavy atom. The predicted octanol–water partition coefficient (Wildman–Crippen LogP) is 5.20. The average Bonchev–Trinajstić information content (AvgIpc) is 2.73. The molecule has 138 valence electrons. The van der Waals surface area contributed by atoms with E-state index in [1.54, 1.807) is 14.2 Å². The van der Waals surface area contributed by atoms with Crippen LogP contribution in [0.3, 0.4) is 0 Å². The Labute approximate surface area is 159 Å². The van der Waals surface area contributed by atoms with Gasteiger partial charge in [-0.1, -0.05) is 42.5 Å². The number of hydrogen-bond acceptors (Lipinski definition) is 4. The van der Waals surface area contributed by atoms with Crippen LogP contribution in [0.15, 0.2) is 84.6 Å². The number of rotatable bonds is 8. The quantitative estimate of drug-likeness (QED) is 0.516. The number of ether oxygens (including phenoxy) is 4. The molecule has 0 aliphatic rings. The van der Waals surface area contributed by atoms with Gasteiger partial charge >= 0.3 is 0 Å². The van der Waals surface area contributed by atoms with Crippen LogP contribution in [0.25, 0.3) is 6.08 Å². The van der Waals surface area contributed by atoms with E-state index in [1.807, 2.05) is 84.9 Å². The minimum atomic E-state index is 0.277. The first-order valence-corrected chi connectivity index (χ1v) is 8.61. The van der Waals surface area contributed by atoms with Crippen LogP contribution >= 0.6 is 0 Å². The summed E-state index contributed by atoms with van der Waals surface area (Å²) in [5.74, 6) is 3.56. The molecule has 4 nitrogen and oxygen atoms in total. The normalized spacial score (nSPS) is 11.0. The van der Waals surface area contributed by atoms with Crippen LogP contribution in [-0.2, 0) is 0 Å². The molecular formula is C23H22O4. The highest BCUT2D eigenvalue weighted by Crippen LogP contribution is 2.23. The van der Waals surface area contributed by atoms with Gasteiger partial charge in [-0.2, -0.15) is 0 Å². The smallest absolute Gasteiger partial charge is 0.146 e. The van der Waals surface area contributed by atoms with E-state index in [4.69, 9.17) is 18.9 Å². The summed E-state index contributed by atoms with van der Waals surface area (Å²) in [7, 11) is 3.26. The van der Waals surface area contributed by atoms with Crippen LogP contribution < -0.4 is 18.9 Å². The van der Waals surface area contributed by atoms with Crippen molar-refractivity contribution >= 4 is 6.08 Å². The van der Waals surface area contributed by atoms with Gasteiger partial charge in [0, 0.05) is 12.1 Å². The van der Waals surface area contributed by atoms with Gasteiger partial charge in [-0.05, 0) is 35.9 Å². The predicted molar refractivity (Wildman–Crippen MR) is 107 cm³/mol. The molecule has 0 N–H and O–H groups in total. The van der Waals surface area contributed by atoms with Crippen molar-refractivity contribution in [1.82, 2.24) is 0 Å². The fraction of sp³-hybridized carbons (Fsp3) is 0.130. The highest BCUT2D eigenvalue weighted by Gasteiger charge is 2.06. The summed E-state index contributed by atoms with van der Waals surface area (Å²) in [4.78, 5) is 0. The second-order valence-corrected chi connectivity index (χ2v) is 5.77. The summed E-state index contributed by atoms with van der Waals surface area (Å²) in [5, 5.41) is 0. The van der Waals surface area contributed by atoms with Crippen LogP contribution in [0.1, 0.15) is 5.56 Å². The van der Waals surface area contributed by atoms with E-state index >= 15 is 0 Å². The molecular weight excluding hydrogens is 340 g/mol. The highest BCUT2D eigenvalue weighted by molar-refractivity contribution is 5.52. The molecule has 3 rings (SSSR count). The van der Waals surface area contributed by atoms with E-state index in [0.717, 1.165) is 17.1 Å². The standard InChI is InChI=1S/C23H22O4/c1-24-19-10-6-12-21(15-19)26-17-23(14-18-8-4-3-5-9-18)27-22-13-7-11-20(16-22)25-2/h3-16H,17H2,1-2H3/b23-14+. The van der Waals surface area contributed by atoms with E-state index < -0.39 is 0 Å². The second kappa shape index (κ2) is 9.34. The largest absolute Gasteiger partial charge is 0.497 e. The molecule has 0 atom stereocenters. The molecule has 0 unspecified atom stereocenters. The lowest BCUT2D eigenvalue weighted by molar-refractivity contribution is 0.281. The van der Waals surface area contributed by atoms with E-state index in [1.165, 1.54) is 0 Å². The summed E-state index contributed by atoms with van der Waals surface area (Å²) in [6.45, 7) is 0.277. The summed E-state index contributed by atoms with van der Waals surface area (Å²) in [5.41, 5.74) is 1.03. The van der Waals surface area contributed by atoms with Gasteiger partial charge in [-0.25, -0.2) is 0 Å². The first kappa shape index (κ1) is 18.4. The highest BCUT2D eigenvalue weighted by atomic mass is 16.5. The molecule has 0 aliphatic carbocycles. The first-order chi connectivity index (χ1) is 13.3. The van der Waals surface area contributed by atoms with Crippen LogP contribution in [0.5, 0.6) is 23.0 Å². The van der Waals surface area contributed by atoms with Gasteiger partial charge in [0.1, 0.15) is 35.4 Å². The molecule has 0 amide bonds. The lowest BCUT2D eigenvalue weighted by Gasteiger charge is -2.13. The van der Waals surface area contributed by atoms with E-state index in [-0.39, 0.29) is 6.61 Å². The van der Waals surface area contributed by atoms with Crippen molar-refractivity contribution in [1.29, 1.82) is 0 Å². The SMILES string of the molecule is COc1cccc(OC/C(=C\c2ccccc2)Oc2cccc(OC)c2)c1. The molecule has 0 spiro atoms. The molecule has 3 aromatic carbocycles. The second-order valence-electron chi connectivity index (χ2n) is 5.77. The zero-order valence-corrected chi connectivity index (χ0v) is 15.4. The molecule has 0 saturated carbocycles. The lowest BCUT2D eigenvalue weighted by Crippen LogP contribution is -2.07. The van der Waals surface area contributed by atoms with Gasteiger partial charge < -0.3 is 18.9 Å². The number of hydrogen-bond donors (Lipinski definition) is 0. The zero-order chi connectivity index (χ0) is 18.9. The minimum Gasteiger partial charge on any atom is -0.497 e. The van der Waals surface area contributed by atoms with Gasteiger partial charge in [0.05, 0.1) is 14.2 Å². The number of benzene rings is 3. The fourth-order valence-electron chi connectivity index (χ4n) is 2.50. The summed E-state index contributed by atoms with van der Waals surface area (Å²) in [6.07, 6.45) is 1.96. The monoisotopic (exact) mass is 362 g/mol. The Morgan fingerprint density at radius 2 is 1.30 bits per heavy atom. The van der Waals surface area contributed by atoms with Crippen molar-refractivity contribution in [3.8, 4) is 23.0 Å². The Hall–Kier alpha value is -3.40. The third-order valence-corrected chi connectivity index (χ3v) is 3.84. The van der Waals surface area contributed by atoms with E-state index in [9.17, 15) is 0 Å². The minimum absolute atomic E-state index is 0.277. The molecule has 4 heteroatoms. The third kappa shape index (κ3) is 5.54. The molecule has 0 heterocycles. The van der Waals surface area contributed by atoms with Gasteiger partial charge in [-0.15, -0.1) is 0 Å². The summed E-state index contributed by atoms with van der Waals surface area (Å²) >= 11 is 0. The molecule has 0 aliphatic heterocycles. The summed E-state index contributed by atoms with van der Waals surface area (Å²) in [6, 6.07) is 24.9.